The van der Waals surface area contributed by atoms with E-state index < -0.39 is 39.3 Å². The molecule has 166 valence electrons. The molecule has 0 aliphatic heterocycles. The molecule has 0 radical (unpaired) electrons. The van der Waals surface area contributed by atoms with Gasteiger partial charge in [0, 0.05) is 18.5 Å². The van der Waals surface area contributed by atoms with Gasteiger partial charge in [0.25, 0.3) is 5.91 Å². The minimum atomic E-state index is -4.05. The SMILES string of the molecule is CC(=O)C[C@@H](CO)NC(=O)c1ccc(CNS(=O)(=O)c2ccc(O)c(C(=O)O)c2)cc1. The number of Topliss-reactive ketones (excluding diaryl/α,β-unsaturated/α-hetero) is 1. The Morgan fingerprint density at radius 1 is 1.06 bits per heavy atom. The first-order chi connectivity index (χ1) is 14.5. The predicted octanol–water partition coefficient (Wildman–Crippen LogP) is 0.639. The summed E-state index contributed by atoms with van der Waals surface area (Å²) in [5.74, 6) is -2.67. The molecular weight excluding hydrogens is 428 g/mol. The molecule has 0 bridgehead atoms. The molecule has 0 heterocycles. The highest BCUT2D eigenvalue weighted by molar-refractivity contribution is 7.89. The summed E-state index contributed by atoms with van der Waals surface area (Å²) in [6.45, 7) is 0.842. The number of carboxylic acids is 1. The van der Waals surface area contributed by atoms with E-state index in [-0.39, 0.29) is 35.8 Å². The third kappa shape index (κ3) is 6.60. The molecule has 10 nitrogen and oxygen atoms in total. The van der Waals surface area contributed by atoms with E-state index in [0.717, 1.165) is 18.2 Å². The smallest absolute Gasteiger partial charge is 0.339 e. The molecule has 1 atom stereocenters. The van der Waals surface area contributed by atoms with Crippen LogP contribution in [0.5, 0.6) is 5.75 Å². The summed E-state index contributed by atoms with van der Waals surface area (Å²) in [7, 11) is -4.05. The van der Waals surface area contributed by atoms with Gasteiger partial charge in [-0.3, -0.25) is 9.59 Å². The second kappa shape index (κ2) is 10.2. The Balaban J connectivity index is 2.05. The quantitative estimate of drug-likeness (QED) is 0.351. The lowest BCUT2D eigenvalue weighted by atomic mass is 10.1. The molecular formula is C20H22N2O8S. The van der Waals surface area contributed by atoms with Gasteiger partial charge in [-0.15, -0.1) is 0 Å². The van der Waals surface area contributed by atoms with Gasteiger partial charge in [0.2, 0.25) is 10.0 Å². The van der Waals surface area contributed by atoms with Gasteiger partial charge in [-0.2, -0.15) is 0 Å². The fourth-order valence-corrected chi connectivity index (χ4v) is 3.71. The minimum absolute atomic E-state index is 0.00293. The van der Waals surface area contributed by atoms with E-state index in [1.165, 1.54) is 31.2 Å². The summed E-state index contributed by atoms with van der Waals surface area (Å²) < 4.78 is 27.1. The molecule has 0 aliphatic rings. The zero-order valence-electron chi connectivity index (χ0n) is 16.5. The number of aromatic carboxylic acids is 1. The molecule has 0 fully saturated rings. The molecule has 11 heteroatoms. The standard InChI is InChI=1S/C20H22N2O8S/c1-12(24)8-15(11-23)22-19(26)14-4-2-13(3-5-14)10-21-31(29,30)16-6-7-18(25)17(9-16)20(27)28/h2-7,9,15,21,23,25H,8,10-11H2,1H3,(H,22,26)(H,27,28)/t15-/m0/s1. The number of hydrogen-bond donors (Lipinski definition) is 5. The highest BCUT2D eigenvalue weighted by Crippen LogP contribution is 2.21. The Hall–Kier alpha value is -3.28. The summed E-state index contributed by atoms with van der Waals surface area (Å²) in [5.41, 5.74) is 0.252. The van der Waals surface area contributed by atoms with Crippen LogP contribution in [0.2, 0.25) is 0 Å². The third-order valence-electron chi connectivity index (χ3n) is 4.28. The Labute approximate surface area is 178 Å². The third-order valence-corrected chi connectivity index (χ3v) is 5.68. The van der Waals surface area contributed by atoms with Gasteiger partial charge in [0.15, 0.2) is 0 Å². The number of carbonyl (C=O) groups excluding carboxylic acids is 2. The van der Waals surface area contributed by atoms with E-state index in [1.54, 1.807) is 0 Å². The lowest BCUT2D eigenvalue weighted by Crippen LogP contribution is -2.38. The lowest BCUT2D eigenvalue weighted by molar-refractivity contribution is -0.117. The van der Waals surface area contributed by atoms with E-state index in [0.29, 0.717) is 5.56 Å². The maximum atomic E-state index is 12.4. The second-order valence-corrected chi connectivity index (χ2v) is 8.53. The molecule has 0 spiro atoms. The van der Waals surface area contributed by atoms with Crippen LogP contribution < -0.4 is 10.0 Å². The number of carbonyl (C=O) groups is 3. The summed E-state index contributed by atoms with van der Waals surface area (Å²) in [4.78, 5) is 34.1. The molecule has 1 amide bonds. The minimum Gasteiger partial charge on any atom is -0.507 e. The first-order valence-electron chi connectivity index (χ1n) is 9.09. The molecule has 0 unspecified atom stereocenters. The number of aliphatic hydroxyl groups is 1. The number of rotatable bonds is 10. The second-order valence-electron chi connectivity index (χ2n) is 6.76. The van der Waals surface area contributed by atoms with Gasteiger partial charge in [-0.1, -0.05) is 12.1 Å². The fourth-order valence-electron chi connectivity index (χ4n) is 2.67. The van der Waals surface area contributed by atoms with Crippen molar-refractivity contribution in [2.24, 2.45) is 0 Å². The van der Waals surface area contributed by atoms with Gasteiger partial charge in [0.1, 0.15) is 17.1 Å². The van der Waals surface area contributed by atoms with E-state index in [2.05, 4.69) is 10.0 Å². The first-order valence-corrected chi connectivity index (χ1v) is 10.6. The average molecular weight is 450 g/mol. The molecule has 2 aromatic rings. The number of ketones is 1. The van der Waals surface area contributed by atoms with Crippen LogP contribution in [0.15, 0.2) is 47.4 Å². The summed E-state index contributed by atoms with van der Waals surface area (Å²) in [6, 6.07) is 8.19. The van der Waals surface area contributed by atoms with Crippen molar-refractivity contribution in [1.29, 1.82) is 0 Å². The van der Waals surface area contributed by atoms with Crippen LogP contribution in [0, 0.1) is 0 Å². The number of aromatic hydroxyl groups is 1. The van der Waals surface area contributed by atoms with Crippen LogP contribution in [0.4, 0.5) is 0 Å². The predicted molar refractivity (Wildman–Crippen MR) is 109 cm³/mol. The number of phenols is 1. The number of carboxylic acid groups (broad SMARTS) is 1. The molecule has 5 N–H and O–H groups in total. The maximum absolute atomic E-state index is 12.4. The molecule has 31 heavy (non-hydrogen) atoms. The molecule has 0 saturated carbocycles. The summed E-state index contributed by atoms with van der Waals surface area (Å²) in [5, 5.41) is 30.3. The normalized spacial score (nSPS) is 12.2. The van der Waals surface area contributed by atoms with Crippen LogP contribution in [-0.2, 0) is 21.4 Å². The number of amides is 1. The number of nitrogens with one attached hydrogen (secondary N) is 2. The van der Waals surface area contributed by atoms with Crippen molar-refractivity contribution in [3.8, 4) is 5.75 Å². The van der Waals surface area contributed by atoms with Crippen LogP contribution in [-0.4, -0.2) is 54.0 Å². The molecule has 0 aliphatic carbocycles. The van der Waals surface area contributed by atoms with Gasteiger partial charge in [-0.25, -0.2) is 17.9 Å². The van der Waals surface area contributed by atoms with Gasteiger partial charge < -0.3 is 20.6 Å². The van der Waals surface area contributed by atoms with Crippen LogP contribution in [0.3, 0.4) is 0 Å². The van der Waals surface area contributed by atoms with Crippen molar-refractivity contribution in [2.45, 2.75) is 30.8 Å². The van der Waals surface area contributed by atoms with Crippen molar-refractivity contribution in [3.63, 3.8) is 0 Å². The summed E-state index contributed by atoms with van der Waals surface area (Å²) >= 11 is 0. The Kier molecular flexibility index (Phi) is 7.86. The topological polar surface area (TPSA) is 170 Å². The van der Waals surface area contributed by atoms with E-state index in [9.17, 15) is 33.0 Å². The number of hydrogen-bond acceptors (Lipinski definition) is 7. The highest BCUT2D eigenvalue weighted by Gasteiger charge is 2.19. The largest absolute Gasteiger partial charge is 0.507 e. The van der Waals surface area contributed by atoms with Crippen molar-refractivity contribution >= 4 is 27.7 Å². The van der Waals surface area contributed by atoms with Crippen molar-refractivity contribution in [1.82, 2.24) is 10.0 Å². The fraction of sp³-hybridized carbons (Fsp3) is 0.250. The number of aliphatic hydroxyl groups excluding tert-OH is 1. The average Bonchev–Trinajstić information content (AvgIpc) is 2.71. The van der Waals surface area contributed by atoms with Crippen molar-refractivity contribution in [2.75, 3.05) is 6.61 Å². The van der Waals surface area contributed by atoms with Crippen LogP contribution in [0.25, 0.3) is 0 Å². The zero-order valence-corrected chi connectivity index (χ0v) is 17.3. The highest BCUT2D eigenvalue weighted by atomic mass is 32.2. The number of benzene rings is 2. The first kappa shape index (κ1) is 24.0. The van der Waals surface area contributed by atoms with Crippen molar-refractivity contribution < 1.29 is 38.1 Å². The van der Waals surface area contributed by atoms with Gasteiger partial charge >= 0.3 is 5.97 Å². The zero-order chi connectivity index (χ0) is 23.2. The van der Waals surface area contributed by atoms with Crippen LogP contribution in [0.1, 0.15) is 39.6 Å². The lowest BCUT2D eigenvalue weighted by Gasteiger charge is -2.15. The monoisotopic (exact) mass is 450 g/mol. The molecule has 0 aromatic heterocycles. The molecule has 2 aromatic carbocycles. The van der Waals surface area contributed by atoms with E-state index in [1.807, 2.05) is 0 Å². The van der Waals surface area contributed by atoms with Gasteiger partial charge in [-0.05, 0) is 42.8 Å². The molecule has 0 saturated heterocycles. The van der Waals surface area contributed by atoms with E-state index >= 15 is 0 Å². The summed E-state index contributed by atoms with van der Waals surface area (Å²) in [6.07, 6.45) is 0.00293. The Bertz CT molecular complexity index is 1080. The Morgan fingerprint density at radius 2 is 1.71 bits per heavy atom. The number of sulfonamides is 1. The molecule has 2 rings (SSSR count). The van der Waals surface area contributed by atoms with E-state index in [4.69, 9.17) is 5.11 Å². The van der Waals surface area contributed by atoms with Gasteiger partial charge in [0.05, 0.1) is 17.5 Å². The van der Waals surface area contributed by atoms with Crippen molar-refractivity contribution in [3.05, 3.63) is 59.2 Å². The van der Waals surface area contributed by atoms with Crippen LogP contribution >= 0.6 is 0 Å². The maximum Gasteiger partial charge on any atom is 0.339 e. The Morgan fingerprint density at radius 3 is 2.26 bits per heavy atom.